The molecule has 1 atom stereocenters. The minimum absolute atomic E-state index is 0.0679. The molecule has 2 amide bonds. The number of nitrogens with one attached hydrogen (secondary N) is 2. The molecule has 18 heavy (non-hydrogen) atoms. The van der Waals surface area contributed by atoms with E-state index in [9.17, 15) is 9.59 Å². The Morgan fingerprint density at radius 1 is 1.33 bits per heavy atom. The highest BCUT2D eigenvalue weighted by molar-refractivity contribution is 5.82. The van der Waals surface area contributed by atoms with Gasteiger partial charge >= 0.3 is 0 Å². The van der Waals surface area contributed by atoms with Gasteiger partial charge in [-0.3, -0.25) is 14.9 Å². The Labute approximate surface area is 108 Å². The molecular weight excluding hydrogens is 234 g/mol. The Morgan fingerprint density at radius 3 is 2.44 bits per heavy atom. The predicted molar refractivity (Wildman–Crippen MR) is 67.8 cm³/mol. The van der Waals surface area contributed by atoms with Crippen molar-refractivity contribution in [2.45, 2.75) is 38.8 Å². The highest BCUT2D eigenvalue weighted by Crippen LogP contribution is 2.05. The second-order valence-corrected chi connectivity index (χ2v) is 4.96. The van der Waals surface area contributed by atoms with E-state index in [0.717, 1.165) is 12.8 Å². The molecule has 1 rings (SSSR count). The molecule has 6 nitrogen and oxygen atoms in total. The number of hydrogen-bond acceptors (Lipinski definition) is 4. The van der Waals surface area contributed by atoms with Crippen LogP contribution < -0.4 is 16.4 Å². The molecule has 0 saturated carbocycles. The molecular formula is C12H23N3O3. The zero-order valence-corrected chi connectivity index (χ0v) is 11.1. The van der Waals surface area contributed by atoms with Gasteiger partial charge in [0.25, 0.3) is 0 Å². The summed E-state index contributed by atoms with van der Waals surface area (Å²) < 4.78 is 5.21. The summed E-state index contributed by atoms with van der Waals surface area (Å²) in [6.07, 6.45) is 1.68. The highest BCUT2D eigenvalue weighted by atomic mass is 16.5. The van der Waals surface area contributed by atoms with E-state index < -0.39 is 11.9 Å². The van der Waals surface area contributed by atoms with Crippen LogP contribution in [0.4, 0.5) is 0 Å². The summed E-state index contributed by atoms with van der Waals surface area (Å²) >= 11 is 0. The van der Waals surface area contributed by atoms with Gasteiger partial charge < -0.3 is 15.8 Å². The standard InChI is InChI=1S/C12H23N3O3/c1-8(2)11(12(13)17)14-7-10(16)15-9-3-5-18-6-4-9/h8-9,11,14H,3-7H2,1-2H3,(H2,13,17)(H,15,16). The summed E-state index contributed by atoms with van der Waals surface area (Å²) in [5.74, 6) is -0.462. The molecule has 1 aliphatic heterocycles. The Kier molecular flexibility index (Phi) is 6.07. The molecule has 0 aliphatic carbocycles. The number of rotatable bonds is 6. The van der Waals surface area contributed by atoms with E-state index in [0.29, 0.717) is 13.2 Å². The number of carbonyl (C=O) groups excluding carboxylic acids is 2. The third-order valence-electron chi connectivity index (χ3n) is 3.04. The van der Waals surface area contributed by atoms with Crippen LogP contribution in [0.15, 0.2) is 0 Å². The first-order valence-corrected chi connectivity index (χ1v) is 6.40. The van der Waals surface area contributed by atoms with Crippen LogP contribution in [0.5, 0.6) is 0 Å². The van der Waals surface area contributed by atoms with E-state index in [1.165, 1.54) is 0 Å². The normalized spacial score (nSPS) is 18.6. The first-order valence-electron chi connectivity index (χ1n) is 6.40. The van der Waals surface area contributed by atoms with E-state index in [1.807, 2.05) is 13.8 Å². The van der Waals surface area contributed by atoms with Crippen LogP contribution in [0.1, 0.15) is 26.7 Å². The number of primary amides is 1. The van der Waals surface area contributed by atoms with Gasteiger partial charge in [0.1, 0.15) is 0 Å². The molecule has 4 N–H and O–H groups in total. The van der Waals surface area contributed by atoms with Gasteiger partial charge in [-0.15, -0.1) is 0 Å². The maximum atomic E-state index is 11.7. The molecule has 0 aromatic rings. The van der Waals surface area contributed by atoms with Crippen molar-refractivity contribution in [1.82, 2.24) is 10.6 Å². The van der Waals surface area contributed by atoms with Crippen molar-refractivity contribution in [3.05, 3.63) is 0 Å². The molecule has 1 heterocycles. The average Bonchev–Trinajstić information content (AvgIpc) is 2.29. The second-order valence-electron chi connectivity index (χ2n) is 4.96. The van der Waals surface area contributed by atoms with Crippen LogP contribution in [0.3, 0.4) is 0 Å². The fourth-order valence-electron chi connectivity index (χ4n) is 1.99. The van der Waals surface area contributed by atoms with Gasteiger partial charge in [-0.05, 0) is 18.8 Å². The van der Waals surface area contributed by atoms with Gasteiger partial charge in [0.15, 0.2) is 0 Å². The predicted octanol–water partition coefficient (Wildman–Crippen LogP) is -0.619. The molecule has 1 fully saturated rings. The zero-order chi connectivity index (χ0) is 13.5. The van der Waals surface area contributed by atoms with Gasteiger partial charge in [0, 0.05) is 19.3 Å². The first-order chi connectivity index (χ1) is 8.50. The number of carbonyl (C=O) groups is 2. The molecule has 6 heteroatoms. The summed E-state index contributed by atoms with van der Waals surface area (Å²) in [5, 5.41) is 5.81. The number of amides is 2. The third kappa shape index (κ3) is 5.01. The maximum absolute atomic E-state index is 11.7. The zero-order valence-electron chi connectivity index (χ0n) is 11.1. The first kappa shape index (κ1) is 14.9. The summed E-state index contributed by atoms with van der Waals surface area (Å²) in [5.41, 5.74) is 5.26. The highest BCUT2D eigenvalue weighted by Gasteiger charge is 2.21. The fourth-order valence-corrected chi connectivity index (χ4v) is 1.99. The number of ether oxygens (including phenoxy) is 1. The molecule has 104 valence electrons. The average molecular weight is 257 g/mol. The lowest BCUT2D eigenvalue weighted by atomic mass is 10.0. The molecule has 0 radical (unpaired) electrons. The van der Waals surface area contributed by atoms with Crippen molar-refractivity contribution in [2.24, 2.45) is 11.7 Å². The minimum Gasteiger partial charge on any atom is -0.381 e. The number of hydrogen-bond donors (Lipinski definition) is 3. The van der Waals surface area contributed by atoms with Crippen LogP contribution in [0, 0.1) is 5.92 Å². The van der Waals surface area contributed by atoms with Crippen LogP contribution in [-0.2, 0) is 14.3 Å². The summed E-state index contributed by atoms with van der Waals surface area (Å²) in [6.45, 7) is 5.27. The fraction of sp³-hybridized carbons (Fsp3) is 0.833. The Hall–Kier alpha value is -1.14. The van der Waals surface area contributed by atoms with E-state index >= 15 is 0 Å². The molecule has 0 aromatic heterocycles. The molecule has 0 aromatic carbocycles. The topological polar surface area (TPSA) is 93.4 Å². The Bertz CT molecular complexity index is 288. The van der Waals surface area contributed by atoms with Crippen molar-refractivity contribution in [3.63, 3.8) is 0 Å². The molecule has 1 saturated heterocycles. The largest absolute Gasteiger partial charge is 0.381 e. The second kappa shape index (κ2) is 7.33. The van der Waals surface area contributed by atoms with Gasteiger partial charge in [-0.25, -0.2) is 0 Å². The quantitative estimate of drug-likeness (QED) is 0.591. The molecule has 0 spiro atoms. The van der Waals surface area contributed by atoms with Crippen molar-refractivity contribution < 1.29 is 14.3 Å². The van der Waals surface area contributed by atoms with Gasteiger partial charge in [-0.2, -0.15) is 0 Å². The van der Waals surface area contributed by atoms with Gasteiger partial charge in [0.2, 0.25) is 11.8 Å². The smallest absolute Gasteiger partial charge is 0.234 e. The van der Waals surface area contributed by atoms with Crippen LogP contribution in [0.25, 0.3) is 0 Å². The lowest BCUT2D eigenvalue weighted by molar-refractivity contribution is -0.123. The molecule has 1 unspecified atom stereocenters. The van der Waals surface area contributed by atoms with Crippen LogP contribution >= 0.6 is 0 Å². The maximum Gasteiger partial charge on any atom is 0.234 e. The minimum atomic E-state index is -0.467. The Balaban J connectivity index is 2.28. The van der Waals surface area contributed by atoms with Crippen LogP contribution in [0.2, 0.25) is 0 Å². The monoisotopic (exact) mass is 257 g/mol. The van der Waals surface area contributed by atoms with Gasteiger partial charge in [-0.1, -0.05) is 13.8 Å². The van der Waals surface area contributed by atoms with E-state index in [1.54, 1.807) is 0 Å². The van der Waals surface area contributed by atoms with Crippen molar-refractivity contribution in [2.75, 3.05) is 19.8 Å². The lowest BCUT2D eigenvalue weighted by Gasteiger charge is -2.24. The summed E-state index contributed by atoms with van der Waals surface area (Å²) in [6, 6.07) is -0.287. The molecule has 0 bridgehead atoms. The van der Waals surface area contributed by atoms with E-state index in [2.05, 4.69) is 10.6 Å². The lowest BCUT2D eigenvalue weighted by Crippen LogP contribution is -2.50. The van der Waals surface area contributed by atoms with E-state index in [-0.39, 0.29) is 24.4 Å². The van der Waals surface area contributed by atoms with Crippen molar-refractivity contribution in [1.29, 1.82) is 0 Å². The number of nitrogens with two attached hydrogens (primary N) is 1. The summed E-state index contributed by atoms with van der Waals surface area (Å²) in [4.78, 5) is 22.8. The summed E-state index contributed by atoms with van der Waals surface area (Å²) in [7, 11) is 0. The van der Waals surface area contributed by atoms with Crippen molar-refractivity contribution in [3.8, 4) is 0 Å². The third-order valence-corrected chi connectivity index (χ3v) is 3.04. The SMILES string of the molecule is CC(C)C(NCC(=O)NC1CCOCC1)C(N)=O. The van der Waals surface area contributed by atoms with Crippen molar-refractivity contribution >= 4 is 11.8 Å². The van der Waals surface area contributed by atoms with Gasteiger partial charge in [0.05, 0.1) is 12.6 Å². The Morgan fingerprint density at radius 2 is 1.94 bits per heavy atom. The van der Waals surface area contributed by atoms with Crippen LogP contribution in [-0.4, -0.2) is 43.7 Å². The molecule has 1 aliphatic rings. The van der Waals surface area contributed by atoms with E-state index in [4.69, 9.17) is 10.5 Å².